The number of hydrogen-bond donors (Lipinski definition) is 4. The molecule has 1 fully saturated rings. The number of carboxylic acid groups (broad SMARTS) is 1. The third kappa shape index (κ3) is 8.66. The second kappa shape index (κ2) is 12.2. The molecule has 0 aromatic heterocycles. The van der Waals surface area contributed by atoms with Gasteiger partial charge in [0.2, 0.25) is 0 Å². The number of allylic oxidation sites excluding steroid dienone is 2. The maximum absolute atomic E-state index is 10.5. The molecule has 1 aliphatic carbocycles. The Balaban J connectivity index is 2.46. The molecule has 0 aliphatic heterocycles. The van der Waals surface area contributed by atoms with E-state index in [0.717, 1.165) is 25.7 Å². The van der Waals surface area contributed by atoms with Crippen LogP contribution in [0.1, 0.15) is 64.7 Å². The topological polar surface area (TPSA) is 98.0 Å². The van der Waals surface area contributed by atoms with Crippen molar-refractivity contribution in [2.75, 3.05) is 0 Å². The van der Waals surface area contributed by atoms with Gasteiger partial charge in [-0.1, -0.05) is 50.5 Å². The Bertz CT molecular complexity index is 432. The number of rotatable bonds is 12. The predicted octanol–water partition coefficient (Wildman–Crippen LogP) is 3.04. The highest BCUT2D eigenvalue weighted by Crippen LogP contribution is 2.36. The Hall–Kier alpha value is -1.17. The highest BCUT2D eigenvalue weighted by molar-refractivity contribution is 5.66. The summed E-state index contributed by atoms with van der Waals surface area (Å²) in [5.41, 5.74) is 0. The predicted molar refractivity (Wildman–Crippen MR) is 98.1 cm³/mol. The van der Waals surface area contributed by atoms with Crippen LogP contribution >= 0.6 is 0 Å². The van der Waals surface area contributed by atoms with Gasteiger partial charge >= 0.3 is 5.97 Å². The first-order chi connectivity index (χ1) is 12.0. The number of carbonyl (C=O) groups is 1. The molecule has 5 nitrogen and oxygen atoms in total. The molecule has 1 saturated carbocycles. The van der Waals surface area contributed by atoms with E-state index in [1.54, 1.807) is 6.08 Å². The van der Waals surface area contributed by atoms with Crippen LogP contribution in [0.4, 0.5) is 0 Å². The molecule has 0 aromatic rings. The number of aliphatic hydroxyl groups excluding tert-OH is 3. The first-order valence-corrected chi connectivity index (χ1v) is 9.55. The van der Waals surface area contributed by atoms with Crippen LogP contribution in [0.3, 0.4) is 0 Å². The van der Waals surface area contributed by atoms with Crippen LogP contribution in [-0.4, -0.2) is 44.7 Å². The highest BCUT2D eigenvalue weighted by atomic mass is 16.4. The number of aliphatic hydroxyl groups is 3. The summed E-state index contributed by atoms with van der Waals surface area (Å²) in [4.78, 5) is 10.5. The second-order valence-electron chi connectivity index (χ2n) is 7.05. The van der Waals surface area contributed by atoms with E-state index in [1.165, 1.54) is 0 Å². The lowest BCUT2D eigenvalue weighted by atomic mass is 9.89. The zero-order chi connectivity index (χ0) is 18.7. The van der Waals surface area contributed by atoms with E-state index in [-0.39, 0.29) is 18.3 Å². The minimum absolute atomic E-state index is 0.0650. The molecule has 0 heterocycles. The second-order valence-corrected chi connectivity index (χ2v) is 7.05. The molecule has 5 atom stereocenters. The fourth-order valence-corrected chi connectivity index (χ4v) is 3.41. The van der Waals surface area contributed by atoms with Crippen LogP contribution < -0.4 is 0 Å². The van der Waals surface area contributed by atoms with Crippen LogP contribution in [0.15, 0.2) is 24.3 Å². The van der Waals surface area contributed by atoms with E-state index in [1.807, 2.05) is 18.2 Å². The smallest absolute Gasteiger partial charge is 0.303 e. The SMILES string of the molecule is CCCCCC(O)C=C[C@H]1C(O)CC(O)[C@@H]1CC=CCCCC(=O)O. The largest absolute Gasteiger partial charge is 0.481 e. The molecule has 4 N–H and O–H groups in total. The van der Waals surface area contributed by atoms with E-state index >= 15 is 0 Å². The fraction of sp³-hybridized carbons (Fsp3) is 0.750. The standard InChI is InChI=1S/C20H34O5/c1-2-3-6-9-15(21)12-13-17-16(18(22)14-19(17)23)10-7-4-5-8-11-20(24)25/h4,7,12-13,15-19,21-23H,2-3,5-6,8-11,14H2,1H3,(H,24,25)/t15?,16-,17-,18?,19?/m1/s1. The number of carboxylic acids is 1. The molecule has 0 spiro atoms. The minimum atomic E-state index is -0.787. The quantitative estimate of drug-likeness (QED) is 0.319. The van der Waals surface area contributed by atoms with Gasteiger partial charge < -0.3 is 20.4 Å². The van der Waals surface area contributed by atoms with Gasteiger partial charge in [0.05, 0.1) is 18.3 Å². The van der Waals surface area contributed by atoms with Gasteiger partial charge in [0, 0.05) is 18.8 Å². The van der Waals surface area contributed by atoms with Crippen LogP contribution in [0, 0.1) is 11.8 Å². The van der Waals surface area contributed by atoms with Gasteiger partial charge in [-0.3, -0.25) is 4.79 Å². The summed E-state index contributed by atoms with van der Waals surface area (Å²) in [5, 5.41) is 39.0. The molecule has 0 radical (unpaired) electrons. The zero-order valence-corrected chi connectivity index (χ0v) is 15.3. The van der Waals surface area contributed by atoms with Crippen molar-refractivity contribution in [3.8, 4) is 0 Å². The Morgan fingerprint density at radius 2 is 1.92 bits per heavy atom. The normalized spacial score (nSPS) is 28.2. The zero-order valence-electron chi connectivity index (χ0n) is 15.3. The Labute approximate surface area is 151 Å². The molecular formula is C20H34O5. The Morgan fingerprint density at radius 1 is 1.16 bits per heavy atom. The molecule has 1 aliphatic rings. The first-order valence-electron chi connectivity index (χ1n) is 9.55. The van der Waals surface area contributed by atoms with Gasteiger partial charge in [-0.25, -0.2) is 0 Å². The fourth-order valence-electron chi connectivity index (χ4n) is 3.41. The van der Waals surface area contributed by atoms with E-state index in [9.17, 15) is 20.1 Å². The number of aliphatic carboxylic acids is 1. The molecule has 5 heteroatoms. The molecule has 0 bridgehead atoms. The van der Waals surface area contributed by atoms with Crippen molar-refractivity contribution in [2.45, 2.75) is 83.0 Å². The summed E-state index contributed by atoms with van der Waals surface area (Å²) in [5.74, 6) is -1.00. The Morgan fingerprint density at radius 3 is 2.60 bits per heavy atom. The van der Waals surface area contributed by atoms with Crippen LogP contribution in [0.25, 0.3) is 0 Å². The molecule has 1 rings (SSSR count). The molecule has 0 amide bonds. The maximum Gasteiger partial charge on any atom is 0.303 e. The average Bonchev–Trinajstić information content (AvgIpc) is 2.82. The van der Waals surface area contributed by atoms with Crippen molar-refractivity contribution in [3.63, 3.8) is 0 Å². The van der Waals surface area contributed by atoms with E-state index in [2.05, 4.69) is 6.92 Å². The van der Waals surface area contributed by atoms with E-state index in [4.69, 9.17) is 5.11 Å². The van der Waals surface area contributed by atoms with Gasteiger partial charge in [0.1, 0.15) is 0 Å². The average molecular weight is 354 g/mol. The molecule has 0 aromatic carbocycles. The summed E-state index contributed by atoms with van der Waals surface area (Å²) in [7, 11) is 0. The highest BCUT2D eigenvalue weighted by Gasteiger charge is 2.39. The molecule has 0 saturated heterocycles. The molecule has 25 heavy (non-hydrogen) atoms. The monoisotopic (exact) mass is 354 g/mol. The third-order valence-electron chi connectivity index (χ3n) is 4.91. The van der Waals surface area contributed by atoms with E-state index in [0.29, 0.717) is 25.7 Å². The van der Waals surface area contributed by atoms with Crippen molar-refractivity contribution in [2.24, 2.45) is 11.8 Å². The van der Waals surface area contributed by atoms with Crippen molar-refractivity contribution in [1.82, 2.24) is 0 Å². The lowest BCUT2D eigenvalue weighted by Crippen LogP contribution is -2.20. The van der Waals surface area contributed by atoms with Gasteiger partial charge in [0.25, 0.3) is 0 Å². The van der Waals surface area contributed by atoms with Crippen LogP contribution in [0.2, 0.25) is 0 Å². The van der Waals surface area contributed by atoms with Gasteiger partial charge in [-0.15, -0.1) is 0 Å². The van der Waals surface area contributed by atoms with Gasteiger partial charge in [-0.2, -0.15) is 0 Å². The maximum atomic E-state index is 10.5. The van der Waals surface area contributed by atoms with E-state index < -0.39 is 24.3 Å². The summed E-state index contributed by atoms with van der Waals surface area (Å²) >= 11 is 0. The number of hydrogen-bond acceptors (Lipinski definition) is 4. The van der Waals surface area contributed by atoms with Crippen molar-refractivity contribution in [1.29, 1.82) is 0 Å². The van der Waals surface area contributed by atoms with Crippen molar-refractivity contribution < 1.29 is 25.2 Å². The van der Waals surface area contributed by atoms with Crippen molar-refractivity contribution >= 4 is 5.97 Å². The Kier molecular flexibility index (Phi) is 10.7. The minimum Gasteiger partial charge on any atom is -0.481 e. The third-order valence-corrected chi connectivity index (χ3v) is 4.91. The summed E-state index contributed by atoms with van der Waals surface area (Å²) < 4.78 is 0. The number of unbranched alkanes of at least 4 members (excludes halogenated alkanes) is 3. The summed E-state index contributed by atoms with van der Waals surface area (Å²) in [6.45, 7) is 2.12. The molecule has 144 valence electrons. The summed E-state index contributed by atoms with van der Waals surface area (Å²) in [6, 6.07) is 0. The lowest BCUT2D eigenvalue weighted by molar-refractivity contribution is -0.137. The lowest BCUT2D eigenvalue weighted by Gasteiger charge is -2.19. The van der Waals surface area contributed by atoms with Crippen molar-refractivity contribution in [3.05, 3.63) is 24.3 Å². The van der Waals surface area contributed by atoms with Crippen LogP contribution in [0.5, 0.6) is 0 Å². The first kappa shape index (κ1) is 21.9. The summed E-state index contributed by atoms with van der Waals surface area (Å²) in [6.07, 6.45) is 12.3. The van der Waals surface area contributed by atoms with Crippen LogP contribution in [-0.2, 0) is 4.79 Å². The van der Waals surface area contributed by atoms with Gasteiger partial charge in [0.15, 0.2) is 0 Å². The van der Waals surface area contributed by atoms with Gasteiger partial charge in [-0.05, 0) is 31.6 Å². The molecular weight excluding hydrogens is 320 g/mol. The molecule has 3 unspecified atom stereocenters.